The molecule has 1 aromatic heterocycles. The lowest BCUT2D eigenvalue weighted by Crippen LogP contribution is -2.34. The minimum Gasteiger partial charge on any atom is -0.486 e. The Morgan fingerprint density at radius 3 is 2.86 bits per heavy atom. The summed E-state index contributed by atoms with van der Waals surface area (Å²) in [6.45, 7) is 4.19. The molecule has 0 radical (unpaired) electrons. The minimum absolute atomic E-state index is 0.156. The molecule has 0 bridgehead atoms. The lowest BCUT2D eigenvalue weighted by molar-refractivity contribution is 0.0113. The molecule has 0 amide bonds. The van der Waals surface area contributed by atoms with Gasteiger partial charge in [-0.25, -0.2) is 9.78 Å². The van der Waals surface area contributed by atoms with Crippen molar-refractivity contribution in [2.45, 2.75) is 20.0 Å². The highest BCUT2D eigenvalue weighted by Crippen LogP contribution is 2.31. The van der Waals surface area contributed by atoms with Crippen LogP contribution in [0.1, 0.15) is 20.4 Å². The summed E-state index contributed by atoms with van der Waals surface area (Å²) in [5, 5.41) is 0.852. The lowest BCUT2D eigenvalue weighted by Gasteiger charge is -2.25. The molecule has 2 heterocycles. The van der Waals surface area contributed by atoms with Gasteiger partial charge in [-0.1, -0.05) is 12.1 Å². The summed E-state index contributed by atoms with van der Waals surface area (Å²) in [4.78, 5) is 16.8. The highest BCUT2D eigenvalue weighted by atomic mass is 32.1. The largest absolute Gasteiger partial charge is 0.486 e. The van der Waals surface area contributed by atoms with E-state index in [2.05, 4.69) is 4.98 Å². The predicted molar refractivity (Wildman–Crippen MR) is 78.2 cm³/mol. The highest BCUT2D eigenvalue weighted by molar-refractivity contribution is 7.13. The molecule has 1 unspecified atom stereocenters. The van der Waals surface area contributed by atoms with Gasteiger partial charge in [0, 0.05) is 0 Å². The molecule has 3 rings (SSSR count). The first-order valence-electron chi connectivity index (χ1n) is 6.63. The number of aryl methyl sites for hydroxylation is 2. The van der Waals surface area contributed by atoms with Crippen molar-refractivity contribution in [3.63, 3.8) is 0 Å². The lowest BCUT2D eigenvalue weighted by atomic mass is 10.3. The first kappa shape index (κ1) is 13.9. The number of rotatable bonds is 3. The number of benzene rings is 1. The topological polar surface area (TPSA) is 57.7 Å². The summed E-state index contributed by atoms with van der Waals surface area (Å²) < 4.78 is 16.6. The monoisotopic (exact) mass is 305 g/mol. The van der Waals surface area contributed by atoms with E-state index in [0.717, 1.165) is 5.01 Å². The number of carbonyl (C=O) groups is 1. The third-order valence-corrected chi connectivity index (χ3v) is 4.11. The quantitative estimate of drug-likeness (QED) is 0.816. The molecule has 0 spiro atoms. The van der Waals surface area contributed by atoms with Gasteiger partial charge >= 0.3 is 5.97 Å². The Hall–Kier alpha value is -2.08. The second-order valence-electron chi connectivity index (χ2n) is 4.74. The molecule has 1 aromatic carbocycles. The zero-order valence-corrected chi connectivity index (χ0v) is 12.6. The molecule has 1 aliphatic heterocycles. The van der Waals surface area contributed by atoms with Crippen molar-refractivity contribution in [2.75, 3.05) is 13.2 Å². The predicted octanol–water partition coefficient (Wildman–Crippen LogP) is 2.76. The fraction of sp³-hybridized carbons (Fsp3) is 0.333. The minimum atomic E-state index is -0.361. The first-order chi connectivity index (χ1) is 10.1. The molecule has 0 saturated heterocycles. The number of fused-ring (bicyclic) bond motifs is 1. The van der Waals surface area contributed by atoms with Gasteiger partial charge in [-0.3, -0.25) is 0 Å². The van der Waals surface area contributed by atoms with Gasteiger partial charge in [-0.15, -0.1) is 11.3 Å². The van der Waals surface area contributed by atoms with Crippen LogP contribution in [-0.4, -0.2) is 30.3 Å². The number of para-hydroxylation sites is 2. The molecule has 1 atom stereocenters. The maximum Gasteiger partial charge on any atom is 0.350 e. The molecule has 6 heteroatoms. The number of hydrogen-bond donors (Lipinski definition) is 0. The standard InChI is InChI=1S/C15H15NO4S/c1-9-14(21-10(2)16-9)15(17)19-8-11-7-18-12-5-3-4-6-13(12)20-11/h3-6,11H,7-8H2,1-2H3. The number of esters is 1. The Morgan fingerprint density at radius 2 is 2.14 bits per heavy atom. The van der Waals surface area contributed by atoms with E-state index in [0.29, 0.717) is 28.7 Å². The summed E-state index contributed by atoms with van der Waals surface area (Å²) in [6, 6.07) is 7.44. The Labute approximate surface area is 126 Å². The zero-order valence-electron chi connectivity index (χ0n) is 11.8. The van der Waals surface area contributed by atoms with E-state index in [1.165, 1.54) is 11.3 Å². The second kappa shape index (κ2) is 5.73. The highest BCUT2D eigenvalue weighted by Gasteiger charge is 2.23. The maximum atomic E-state index is 12.0. The smallest absolute Gasteiger partial charge is 0.350 e. The Kier molecular flexibility index (Phi) is 3.79. The molecule has 0 N–H and O–H groups in total. The molecule has 0 saturated carbocycles. The fourth-order valence-electron chi connectivity index (χ4n) is 2.10. The Balaban J connectivity index is 1.59. The van der Waals surface area contributed by atoms with Gasteiger partial charge in [0.2, 0.25) is 0 Å². The molecular formula is C15H15NO4S. The summed E-state index contributed by atoms with van der Waals surface area (Å²) in [6.07, 6.45) is -0.293. The van der Waals surface area contributed by atoms with Crippen molar-refractivity contribution >= 4 is 17.3 Å². The summed E-state index contributed by atoms with van der Waals surface area (Å²) in [5.74, 6) is 1.03. The molecule has 110 valence electrons. The molecule has 5 nitrogen and oxygen atoms in total. The van der Waals surface area contributed by atoms with Crippen LogP contribution in [-0.2, 0) is 4.74 Å². The van der Waals surface area contributed by atoms with E-state index in [-0.39, 0.29) is 18.7 Å². The number of hydrogen-bond acceptors (Lipinski definition) is 6. The van der Waals surface area contributed by atoms with Crippen LogP contribution in [0.4, 0.5) is 0 Å². The first-order valence-corrected chi connectivity index (χ1v) is 7.45. The molecule has 0 fully saturated rings. The van der Waals surface area contributed by atoms with Crippen molar-refractivity contribution in [3.05, 3.63) is 39.8 Å². The van der Waals surface area contributed by atoms with E-state index >= 15 is 0 Å². The average molecular weight is 305 g/mol. The average Bonchev–Trinajstić information content (AvgIpc) is 2.83. The van der Waals surface area contributed by atoms with E-state index in [4.69, 9.17) is 14.2 Å². The molecular weight excluding hydrogens is 290 g/mol. The van der Waals surface area contributed by atoms with Crippen LogP contribution in [0.15, 0.2) is 24.3 Å². The molecule has 21 heavy (non-hydrogen) atoms. The van der Waals surface area contributed by atoms with Crippen molar-refractivity contribution in [1.29, 1.82) is 0 Å². The van der Waals surface area contributed by atoms with Crippen LogP contribution >= 0.6 is 11.3 Å². The zero-order chi connectivity index (χ0) is 14.8. The van der Waals surface area contributed by atoms with Gasteiger partial charge in [-0.2, -0.15) is 0 Å². The van der Waals surface area contributed by atoms with Gasteiger partial charge in [0.05, 0.1) is 10.7 Å². The van der Waals surface area contributed by atoms with Gasteiger partial charge in [0.1, 0.15) is 18.1 Å². The summed E-state index contributed by atoms with van der Waals surface area (Å²) in [7, 11) is 0. The number of thiazole rings is 1. The van der Waals surface area contributed by atoms with Crippen LogP contribution < -0.4 is 9.47 Å². The third kappa shape index (κ3) is 3.00. The number of aromatic nitrogens is 1. The second-order valence-corrected chi connectivity index (χ2v) is 5.95. The number of nitrogens with zero attached hydrogens (tertiary/aromatic N) is 1. The van der Waals surface area contributed by atoms with Crippen LogP contribution in [0.5, 0.6) is 11.5 Å². The van der Waals surface area contributed by atoms with E-state index in [9.17, 15) is 4.79 Å². The molecule has 2 aromatic rings. The van der Waals surface area contributed by atoms with Gasteiger partial charge < -0.3 is 14.2 Å². The van der Waals surface area contributed by atoms with Crippen molar-refractivity contribution in [1.82, 2.24) is 4.98 Å². The molecule has 1 aliphatic rings. The van der Waals surface area contributed by atoms with Crippen molar-refractivity contribution in [3.8, 4) is 11.5 Å². The molecule has 0 aliphatic carbocycles. The summed E-state index contributed by atoms with van der Waals surface area (Å²) in [5.41, 5.74) is 0.702. The van der Waals surface area contributed by atoms with Crippen LogP contribution in [0.25, 0.3) is 0 Å². The Bertz CT molecular complexity index is 667. The summed E-state index contributed by atoms with van der Waals surface area (Å²) >= 11 is 1.34. The fourth-order valence-corrected chi connectivity index (χ4v) is 2.91. The normalized spacial score (nSPS) is 16.6. The van der Waals surface area contributed by atoms with Crippen LogP contribution in [0, 0.1) is 13.8 Å². The van der Waals surface area contributed by atoms with Gasteiger partial charge in [0.15, 0.2) is 17.6 Å². The van der Waals surface area contributed by atoms with Crippen molar-refractivity contribution in [2.24, 2.45) is 0 Å². The van der Waals surface area contributed by atoms with Crippen LogP contribution in [0.2, 0.25) is 0 Å². The van der Waals surface area contributed by atoms with E-state index in [1.54, 1.807) is 6.92 Å². The van der Waals surface area contributed by atoms with Crippen LogP contribution in [0.3, 0.4) is 0 Å². The SMILES string of the molecule is Cc1nc(C)c(C(=O)OCC2COc3ccccc3O2)s1. The van der Waals surface area contributed by atoms with Gasteiger partial charge in [0.25, 0.3) is 0 Å². The van der Waals surface area contributed by atoms with E-state index < -0.39 is 0 Å². The van der Waals surface area contributed by atoms with Gasteiger partial charge in [-0.05, 0) is 26.0 Å². The van der Waals surface area contributed by atoms with E-state index in [1.807, 2.05) is 31.2 Å². The number of ether oxygens (including phenoxy) is 3. The van der Waals surface area contributed by atoms with Crippen molar-refractivity contribution < 1.29 is 19.0 Å². The maximum absolute atomic E-state index is 12.0. The Morgan fingerprint density at radius 1 is 1.38 bits per heavy atom. The number of carbonyl (C=O) groups excluding carboxylic acids is 1. The third-order valence-electron chi connectivity index (χ3n) is 3.06.